The fourth-order valence-corrected chi connectivity index (χ4v) is 4.95. The third-order valence-electron chi connectivity index (χ3n) is 7.18. The number of nitrogens with zero attached hydrogens (tertiary/aromatic N) is 2. The van der Waals surface area contributed by atoms with Gasteiger partial charge in [0.25, 0.3) is 0 Å². The molecule has 4 aromatic carbocycles. The van der Waals surface area contributed by atoms with Crippen LogP contribution in [0.3, 0.4) is 0 Å². The monoisotopic (exact) mass is 586 g/mol. The lowest BCUT2D eigenvalue weighted by molar-refractivity contribution is 0.417. The molecule has 2 heterocycles. The van der Waals surface area contributed by atoms with Gasteiger partial charge in [-0.3, -0.25) is 0 Å². The van der Waals surface area contributed by atoms with E-state index in [9.17, 15) is 26.3 Å². The van der Waals surface area contributed by atoms with Gasteiger partial charge in [-0.15, -0.1) is 0 Å². The number of aryl methyl sites for hydroxylation is 1. The van der Waals surface area contributed by atoms with Crippen LogP contribution in [0.2, 0.25) is 0 Å². The maximum Gasteiger partial charge on any atom is 0.165 e. The number of H-pyrrole nitrogens is 2. The summed E-state index contributed by atoms with van der Waals surface area (Å²) in [5, 5.41) is 0. The number of hydrogen-bond acceptors (Lipinski definition) is 2. The molecule has 0 fully saturated rings. The summed E-state index contributed by atoms with van der Waals surface area (Å²) in [7, 11) is 0. The van der Waals surface area contributed by atoms with Gasteiger partial charge in [-0.1, -0.05) is 12.1 Å². The van der Waals surface area contributed by atoms with Crippen molar-refractivity contribution < 1.29 is 35.1 Å². The molecule has 6 aromatic rings. The molecule has 6 rings (SSSR count). The van der Waals surface area contributed by atoms with Crippen LogP contribution in [0.15, 0.2) is 36.4 Å². The fourth-order valence-electron chi connectivity index (χ4n) is 4.95. The number of rotatable bonds is 5. The highest BCUT2D eigenvalue weighted by Gasteiger charge is 2.30. The molecule has 0 aliphatic heterocycles. The van der Waals surface area contributed by atoms with Crippen LogP contribution in [0.25, 0.3) is 33.2 Å². The Morgan fingerprint density at radius 1 is 0.524 bits per heavy atom. The highest BCUT2D eigenvalue weighted by molar-refractivity contribution is 5.86. The van der Waals surface area contributed by atoms with Crippen molar-refractivity contribution in [2.45, 2.75) is 26.7 Å². The van der Waals surface area contributed by atoms with Crippen LogP contribution in [0.5, 0.6) is 0 Å². The minimum Gasteiger partial charge on any atom is -0.342 e. The Hall–Kier alpha value is -4.74. The second-order valence-corrected chi connectivity index (χ2v) is 9.90. The molecule has 12 heteroatoms. The Kier molecular flexibility index (Phi) is 6.51. The molecular weight excluding hydrogens is 568 g/mol. The Bertz CT molecular complexity index is 2000. The van der Waals surface area contributed by atoms with Crippen LogP contribution in [-0.4, -0.2) is 19.9 Å². The molecule has 0 aliphatic carbocycles. The van der Waals surface area contributed by atoms with Crippen LogP contribution in [0.4, 0.5) is 35.1 Å². The number of hydrogen-bond donors (Lipinski definition) is 2. The van der Waals surface area contributed by atoms with Gasteiger partial charge in [-0.05, 0) is 49.2 Å². The average molecular weight is 586 g/mol. The van der Waals surface area contributed by atoms with Crippen LogP contribution in [0.1, 0.15) is 33.9 Å². The van der Waals surface area contributed by atoms with Gasteiger partial charge in [-0.25, -0.2) is 45.1 Å². The maximum absolute atomic E-state index is 15.0. The molecule has 0 aliphatic rings. The molecular formula is C30H18F8N4. The van der Waals surface area contributed by atoms with E-state index in [1.807, 2.05) is 25.1 Å². The molecule has 214 valence electrons. The second-order valence-electron chi connectivity index (χ2n) is 9.90. The van der Waals surface area contributed by atoms with E-state index in [0.717, 1.165) is 34.9 Å². The highest BCUT2D eigenvalue weighted by Crippen LogP contribution is 2.32. The number of benzene rings is 4. The van der Waals surface area contributed by atoms with Crippen molar-refractivity contribution in [3.05, 3.63) is 117 Å². The topological polar surface area (TPSA) is 57.4 Å². The van der Waals surface area contributed by atoms with Gasteiger partial charge in [0.05, 0.1) is 22.1 Å². The lowest BCUT2D eigenvalue weighted by Crippen LogP contribution is -2.13. The van der Waals surface area contributed by atoms with Gasteiger partial charge < -0.3 is 9.97 Å². The molecule has 0 unspecified atom stereocenters. The van der Waals surface area contributed by atoms with E-state index in [2.05, 4.69) is 19.9 Å². The van der Waals surface area contributed by atoms with E-state index in [0.29, 0.717) is 11.0 Å². The molecule has 42 heavy (non-hydrogen) atoms. The first-order valence-corrected chi connectivity index (χ1v) is 12.5. The predicted molar refractivity (Wildman–Crippen MR) is 139 cm³/mol. The molecule has 0 saturated carbocycles. The number of imidazole rings is 2. The van der Waals surface area contributed by atoms with E-state index in [1.54, 1.807) is 18.2 Å². The first kappa shape index (κ1) is 27.4. The SMILES string of the molecule is Cc1nc2cc(-c3ccc4[nH]c(Cc5c(F)c(F)c(Cc6c(F)c(F)c(C)c(F)c6F)c(F)c5F)nc4c3)ccc2[nH]1. The van der Waals surface area contributed by atoms with Gasteiger partial charge in [0.2, 0.25) is 0 Å². The maximum atomic E-state index is 15.0. The van der Waals surface area contributed by atoms with Crippen LogP contribution >= 0.6 is 0 Å². The summed E-state index contributed by atoms with van der Waals surface area (Å²) in [6, 6.07) is 10.8. The van der Waals surface area contributed by atoms with Gasteiger partial charge in [0.15, 0.2) is 46.5 Å². The van der Waals surface area contributed by atoms with Crippen molar-refractivity contribution in [3.8, 4) is 11.1 Å². The number of aromatic amines is 2. The zero-order valence-corrected chi connectivity index (χ0v) is 21.8. The summed E-state index contributed by atoms with van der Waals surface area (Å²) in [4.78, 5) is 14.7. The van der Waals surface area contributed by atoms with Gasteiger partial charge >= 0.3 is 0 Å². The Labute approximate surface area is 232 Å². The van der Waals surface area contributed by atoms with Crippen molar-refractivity contribution in [1.82, 2.24) is 19.9 Å². The van der Waals surface area contributed by atoms with Crippen LogP contribution in [-0.2, 0) is 12.8 Å². The minimum atomic E-state index is -1.95. The standard InChI is InChI=1S/C30H18F8N4/c1-11-23(31)25(33)15(26(34)24(11)32)9-16-27(35)29(37)17(30(38)28(16)36)10-22-41-19-6-4-14(8-21(19)42-22)13-3-5-18-20(7-13)40-12(2)39-18/h3-8H,9-10H2,1-2H3,(H,39,40)(H,41,42). The number of nitrogens with one attached hydrogen (secondary N) is 2. The molecule has 4 nitrogen and oxygen atoms in total. The van der Waals surface area contributed by atoms with E-state index in [-0.39, 0.29) is 5.82 Å². The van der Waals surface area contributed by atoms with Gasteiger partial charge in [0.1, 0.15) is 11.6 Å². The normalized spacial score (nSPS) is 11.8. The van der Waals surface area contributed by atoms with Crippen molar-refractivity contribution >= 4 is 22.1 Å². The summed E-state index contributed by atoms with van der Waals surface area (Å²) in [5.74, 6) is -14.2. The summed E-state index contributed by atoms with van der Waals surface area (Å²) in [5.41, 5.74) is -0.738. The van der Waals surface area contributed by atoms with Crippen LogP contribution in [0, 0.1) is 60.4 Å². The molecule has 2 aromatic heterocycles. The first-order valence-electron chi connectivity index (χ1n) is 12.5. The number of aromatic nitrogens is 4. The quantitative estimate of drug-likeness (QED) is 0.159. The zero-order chi connectivity index (χ0) is 30.0. The highest BCUT2D eigenvalue weighted by atomic mass is 19.2. The van der Waals surface area contributed by atoms with E-state index < -0.39 is 81.6 Å². The summed E-state index contributed by atoms with van der Waals surface area (Å²) in [6.07, 6.45) is -2.18. The lowest BCUT2D eigenvalue weighted by Gasteiger charge is -2.14. The lowest BCUT2D eigenvalue weighted by atomic mass is 9.97. The Morgan fingerprint density at radius 3 is 1.48 bits per heavy atom. The molecule has 0 amide bonds. The smallest absolute Gasteiger partial charge is 0.165 e. The van der Waals surface area contributed by atoms with E-state index >= 15 is 8.78 Å². The number of halogens is 8. The third-order valence-corrected chi connectivity index (χ3v) is 7.18. The molecule has 0 atom stereocenters. The fraction of sp³-hybridized carbons (Fsp3) is 0.133. The minimum absolute atomic E-state index is 0.0235. The molecule has 0 spiro atoms. The van der Waals surface area contributed by atoms with Crippen molar-refractivity contribution in [2.24, 2.45) is 0 Å². The average Bonchev–Trinajstić information content (AvgIpc) is 3.56. The first-order chi connectivity index (χ1) is 19.9. The summed E-state index contributed by atoms with van der Waals surface area (Å²) >= 11 is 0. The largest absolute Gasteiger partial charge is 0.342 e. The van der Waals surface area contributed by atoms with Crippen molar-refractivity contribution in [1.29, 1.82) is 0 Å². The molecule has 0 bridgehead atoms. The van der Waals surface area contributed by atoms with Crippen molar-refractivity contribution in [3.63, 3.8) is 0 Å². The van der Waals surface area contributed by atoms with Crippen molar-refractivity contribution in [2.75, 3.05) is 0 Å². The predicted octanol–water partition coefficient (Wildman–Crippen LogP) is 8.02. The van der Waals surface area contributed by atoms with Gasteiger partial charge in [0, 0.05) is 35.1 Å². The Balaban J connectivity index is 1.34. The third kappa shape index (κ3) is 4.38. The Morgan fingerprint density at radius 2 is 0.952 bits per heavy atom. The number of fused-ring (bicyclic) bond motifs is 2. The van der Waals surface area contributed by atoms with E-state index in [4.69, 9.17) is 0 Å². The van der Waals surface area contributed by atoms with Gasteiger partial charge in [-0.2, -0.15) is 0 Å². The van der Waals surface area contributed by atoms with E-state index in [1.165, 1.54) is 0 Å². The second kappa shape index (κ2) is 9.97. The summed E-state index contributed by atoms with van der Waals surface area (Å²) < 4.78 is 116. The molecule has 0 radical (unpaired) electrons. The summed E-state index contributed by atoms with van der Waals surface area (Å²) in [6.45, 7) is 2.59. The molecule has 0 saturated heterocycles. The van der Waals surface area contributed by atoms with Crippen LogP contribution < -0.4 is 0 Å². The molecule has 2 N–H and O–H groups in total. The zero-order valence-electron chi connectivity index (χ0n) is 21.8.